The van der Waals surface area contributed by atoms with Crippen LogP contribution in [0.1, 0.15) is 76.5 Å². The van der Waals surface area contributed by atoms with Crippen LogP contribution in [-0.2, 0) is 16.9 Å². The first kappa shape index (κ1) is 17.3. The highest BCUT2D eigenvalue weighted by molar-refractivity contribution is 5.75. The van der Waals surface area contributed by atoms with Gasteiger partial charge in [0.2, 0.25) is 5.91 Å². The first-order chi connectivity index (χ1) is 11.8. The summed E-state index contributed by atoms with van der Waals surface area (Å²) in [6.07, 6.45) is 11.7. The Morgan fingerprint density at radius 1 is 0.917 bits per heavy atom. The summed E-state index contributed by atoms with van der Waals surface area (Å²) in [5.41, 5.74) is -0.0330. The molecule has 1 spiro atoms. The van der Waals surface area contributed by atoms with Gasteiger partial charge in [0.15, 0.2) is 5.82 Å². The van der Waals surface area contributed by atoms with Gasteiger partial charge in [-0.2, -0.15) is 0 Å². The predicted molar refractivity (Wildman–Crippen MR) is 91.3 cm³/mol. The zero-order valence-electron chi connectivity index (χ0n) is 14.6. The lowest BCUT2D eigenvalue weighted by Gasteiger charge is -2.29. The lowest BCUT2D eigenvalue weighted by Crippen LogP contribution is -2.43. The average Bonchev–Trinajstić information content (AvgIpc) is 3.22. The van der Waals surface area contributed by atoms with Crippen LogP contribution in [0.15, 0.2) is 0 Å². The van der Waals surface area contributed by atoms with Gasteiger partial charge in [0, 0.05) is 19.5 Å². The van der Waals surface area contributed by atoms with Gasteiger partial charge in [-0.05, 0) is 55.5 Å². The van der Waals surface area contributed by atoms with Crippen LogP contribution in [0.5, 0.6) is 0 Å². The quantitative estimate of drug-likeness (QED) is 0.757. The van der Waals surface area contributed by atoms with Crippen molar-refractivity contribution in [1.29, 1.82) is 0 Å². The van der Waals surface area contributed by atoms with Crippen LogP contribution in [0.25, 0.3) is 0 Å². The number of hydrogen-bond acceptors (Lipinski definition) is 5. The number of tetrazole rings is 1. The number of nitrogens with zero attached hydrogens (tertiary/aromatic N) is 4. The Morgan fingerprint density at radius 3 is 2.58 bits per heavy atom. The maximum absolute atomic E-state index is 11.7. The van der Waals surface area contributed by atoms with Crippen LogP contribution in [-0.4, -0.2) is 39.2 Å². The molecule has 1 fully saturated rings. The SMILES string of the molecule is O=C1CCCCCn2nnnc2C2(CCCC2)NCCCCCN1. The molecule has 1 amide bonds. The summed E-state index contributed by atoms with van der Waals surface area (Å²) in [6, 6.07) is 0. The van der Waals surface area contributed by atoms with Crippen molar-refractivity contribution in [1.82, 2.24) is 30.8 Å². The van der Waals surface area contributed by atoms with Gasteiger partial charge in [-0.1, -0.05) is 25.7 Å². The van der Waals surface area contributed by atoms with Gasteiger partial charge in [-0.3, -0.25) is 4.79 Å². The number of amides is 1. The number of aryl methyl sites for hydroxylation is 1. The molecule has 2 N–H and O–H groups in total. The van der Waals surface area contributed by atoms with E-state index >= 15 is 0 Å². The Bertz CT molecular complexity index is 523. The molecule has 0 aromatic carbocycles. The number of nitrogens with one attached hydrogen (secondary N) is 2. The van der Waals surface area contributed by atoms with Gasteiger partial charge in [0.1, 0.15) is 0 Å². The molecule has 0 unspecified atom stereocenters. The monoisotopic (exact) mass is 334 g/mol. The molecule has 2 heterocycles. The van der Waals surface area contributed by atoms with E-state index in [-0.39, 0.29) is 11.4 Å². The zero-order valence-corrected chi connectivity index (χ0v) is 14.6. The minimum atomic E-state index is -0.0330. The third kappa shape index (κ3) is 4.32. The van der Waals surface area contributed by atoms with Crippen molar-refractivity contribution in [2.24, 2.45) is 0 Å². The molecule has 0 bridgehead atoms. The molecule has 0 atom stereocenters. The summed E-state index contributed by atoms with van der Waals surface area (Å²) in [6.45, 7) is 2.64. The molecule has 7 heteroatoms. The molecular formula is C17H30N6O. The fourth-order valence-corrected chi connectivity index (χ4v) is 3.95. The molecule has 1 aliphatic carbocycles. The molecule has 0 radical (unpaired) electrons. The third-order valence-electron chi connectivity index (χ3n) is 5.33. The summed E-state index contributed by atoms with van der Waals surface area (Å²) < 4.78 is 1.99. The van der Waals surface area contributed by atoms with E-state index in [1.54, 1.807) is 0 Å². The molecular weight excluding hydrogens is 304 g/mol. The molecule has 24 heavy (non-hydrogen) atoms. The molecule has 1 aromatic rings. The van der Waals surface area contributed by atoms with Gasteiger partial charge in [0.05, 0.1) is 5.54 Å². The summed E-state index contributed by atoms with van der Waals surface area (Å²) in [7, 11) is 0. The number of carbonyl (C=O) groups excluding carboxylic acids is 1. The topological polar surface area (TPSA) is 84.7 Å². The normalized spacial score (nSPS) is 23.8. The van der Waals surface area contributed by atoms with Crippen LogP contribution in [0.3, 0.4) is 0 Å². The van der Waals surface area contributed by atoms with E-state index in [4.69, 9.17) is 0 Å². The second-order valence-corrected chi connectivity index (χ2v) is 7.16. The molecule has 0 saturated heterocycles. The fraction of sp³-hybridized carbons (Fsp3) is 0.882. The van der Waals surface area contributed by atoms with E-state index in [0.717, 1.165) is 76.8 Å². The lowest BCUT2D eigenvalue weighted by molar-refractivity contribution is -0.121. The van der Waals surface area contributed by atoms with Crippen molar-refractivity contribution >= 4 is 5.91 Å². The third-order valence-corrected chi connectivity index (χ3v) is 5.33. The van der Waals surface area contributed by atoms with Crippen LogP contribution in [0, 0.1) is 0 Å². The van der Waals surface area contributed by atoms with Gasteiger partial charge >= 0.3 is 0 Å². The Hall–Kier alpha value is -1.50. The Morgan fingerprint density at radius 2 is 1.71 bits per heavy atom. The lowest BCUT2D eigenvalue weighted by atomic mass is 9.95. The highest BCUT2D eigenvalue weighted by Crippen LogP contribution is 2.37. The van der Waals surface area contributed by atoms with Gasteiger partial charge in [0.25, 0.3) is 0 Å². The summed E-state index contributed by atoms with van der Waals surface area (Å²) in [5.74, 6) is 1.21. The molecule has 1 saturated carbocycles. The summed E-state index contributed by atoms with van der Waals surface area (Å²) in [4.78, 5) is 11.7. The Kier molecular flexibility index (Phi) is 6.18. The van der Waals surface area contributed by atoms with Crippen LogP contribution < -0.4 is 10.6 Å². The number of fused-ring (bicyclic) bond motifs is 2. The van der Waals surface area contributed by atoms with Crippen LogP contribution >= 0.6 is 0 Å². The first-order valence-electron chi connectivity index (χ1n) is 9.59. The fourth-order valence-electron chi connectivity index (χ4n) is 3.95. The standard InChI is InChI=1S/C17H30N6O/c24-15-9-3-1-8-14-23-16(20-21-22-23)17(10-4-5-11-17)19-13-7-2-6-12-18-15/h19H,1-14H2,(H,18,24). The van der Waals surface area contributed by atoms with Crippen LogP contribution in [0.2, 0.25) is 0 Å². The maximum Gasteiger partial charge on any atom is 0.219 e. The number of aromatic nitrogens is 4. The molecule has 3 rings (SSSR count). The minimum Gasteiger partial charge on any atom is -0.356 e. The first-order valence-corrected chi connectivity index (χ1v) is 9.59. The highest BCUT2D eigenvalue weighted by Gasteiger charge is 2.39. The maximum atomic E-state index is 11.7. The average molecular weight is 334 g/mol. The van der Waals surface area contributed by atoms with Crippen molar-refractivity contribution in [3.8, 4) is 0 Å². The second-order valence-electron chi connectivity index (χ2n) is 7.16. The largest absolute Gasteiger partial charge is 0.356 e. The predicted octanol–water partition coefficient (Wildman–Crippen LogP) is 1.89. The summed E-state index contributed by atoms with van der Waals surface area (Å²) >= 11 is 0. The number of hydrogen-bond donors (Lipinski definition) is 2. The smallest absolute Gasteiger partial charge is 0.219 e. The molecule has 1 aromatic heterocycles. The van der Waals surface area contributed by atoms with E-state index in [9.17, 15) is 4.79 Å². The van der Waals surface area contributed by atoms with E-state index < -0.39 is 0 Å². The number of rotatable bonds is 0. The van der Waals surface area contributed by atoms with Crippen molar-refractivity contribution in [2.45, 2.75) is 82.7 Å². The second kappa shape index (κ2) is 8.55. The Labute approximate surface area is 144 Å². The minimum absolute atomic E-state index is 0.0330. The summed E-state index contributed by atoms with van der Waals surface area (Å²) in [5, 5.41) is 19.4. The number of carbonyl (C=O) groups is 1. The zero-order chi connectivity index (χ0) is 16.7. The van der Waals surface area contributed by atoms with Crippen molar-refractivity contribution < 1.29 is 4.79 Å². The highest BCUT2D eigenvalue weighted by atomic mass is 16.1. The van der Waals surface area contributed by atoms with E-state index in [0.29, 0.717) is 6.42 Å². The molecule has 1 aliphatic heterocycles. The van der Waals surface area contributed by atoms with Crippen molar-refractivity contribution in [3.63, 3.8) is 0 Å². The van der Waals surface area contributed by atoms with Crippen LogP contribution in [0.4, 0.5) is 0 Å². The van der Waals surface area contributed by atoms with E-state index in [2.05, 4.69) is 26.2 Å². The Balaban J connectivity index is 1.68. The van der Waals surface area contributed by atoms with Gasteiger partial charge in [-0.15, -0.1) is 5.10 Å². The van der Waals surface area contributed by atoms with E-state index in [1.165, 1.54) is 12.8 Å². The molecule has 2 aliphatic rings. The van der Waals surface area contributed by atoms with Gasteiger partial charge in [-0.25, -0.2) is 4.68 Å². The van der Waals surface area contributed by atoms with Gasteiger partial charge < -0.3 is 10.6 Å². The van der Waals surface area contributed by atoms with Crippen molar-refractivity contribution in [2.75, 3.05) is 13.1 Å². The molecule has 134 valence electrons. The van der Waals surface area contributed by atoms with Crippen molar-refractivity contribution in [3.05, 3.63) is 5.82 Å². The molecule has 7 nitrogen and oxygen atoms in total. The van der Waals surface area contributed by atoms with E-state index in [1.807, 2.05) is 4.68 Å².